The largest absolute Gasteiger partial charge is 0.355 e. The SMILES string of the molecule is NCCNC(=O)C1CC2C=CC1C2. The molecule has 3 N–H and O–H groups in total. The third-order valence-electron chi connectivity index (χ3n) is 3.06. The summed E-state index contributed by atoms with van der Waals surface area (Å²) in [5, 5.41) is 2.86. The zero-order valence-electron chi connectivity index (χ0n) is 7.70. The van der Waals surface area contributed by atoms with Gasteiger partial charge in [0.2, 0.25) is 5.91 Å². The number of rotatable bonds is 3. The second kappa shape index (κ2) is 3.50. The van der Waals surface area contributed by atoms with E-state index in [0.29, 0.717) is 24.9 Å². The topological polar surface area (TPSA) is 55.1 Å². The van der Waals surface area contributed by atoms with Gasteiger partial charge < -0.3 is 11.1 Å². The van der Waals surface area contributed by atoms with Crippen LogP contribution in [0.4, 0.5) is 0 Å². The molecule has 2 aliphatic rings. The Labute approximate surface area is 78.4 Å². The molecule has 1 saturated carbocycles. The number of amides is 1. The Morgan fingerprint density at radius 2 is 2.31 bits per heavy atom. The highest BCUT2D eigenvalue weighted by Crippen LogP contribution is 2.43. The Hall–Kier alpha value is -0.830. The van der Waals surface area contributed by atoms with E-state index in [-0.39, 0.29) is 11.8 Å². The van der Waals surface area contributed by atoms with E-state index in [1.807, 2.05) is 0 Å². The van der Waals surface area contributed by atoms with Crippen molar-refractivity contribution in [1.29, 1.82) is 0 Å². The van der Waals surface area contributed by atoms with Crippen LogP contribution < -0.4 is 11.1 Å². The van der Waals surface area contributed by atoms with Crippen LogP contribution in [-0.4, -0.2) is 19.0 Å². The number of carbonyl (C=O) groups excluding carboxylic acids is 1. The van der Waals surface area contributed by atoms with Crippen molar-refractivity contribution in [3.05, 3.63) is 12.2 Å². The Bertz CT molecular complexity index is 237. The molecule has 72 valence electrons. The van der Waals surface area contributed by atoms with Crippen LogP contribution in [0, 0.1) is 17.8 Å². The fourth-order valence-corrected chi connectivity index (χ4v) is 2.41. The van der Waals surface area contributed by atoms with E-state index >= 15 is 0 Å². The van der Waals surface area contributed by atoms with Crippen LogP contribution >= 0.6 is 0 Å². The normalized spacial score (nSPS) is 35.3. The van der Waals surface area contributed by atoms with Gasteiger partial charge in [0, 0.05) is 19.0 Å². The number of fused-ring (bicyclic) bond motifs is 2. The lowest BCUT2D eigenvalue weighted by atomic mass is 9.93. The summed E-state index contributed by atoms with van der Waals surface area (Å²) in [7, 11) is 0. The molecule has 3 unspecified atom stereocenters. The van der Waals surface area contributed by atoms with Gasteiger partial charge in [-0.25, -0.2) is 0 Å². The molecule has 0 aromatic heterocycles. The van der Waals surface area contributed by atoms with Crippen molar-refractivity contribution in [2.45, 2.75) is 12.8 Å². The summed E-state index contributed by atoms with van der Waals surface area (Å²) >= 11 is 0. The van der Waals surface area contributed by atoms with Crippen LogP contribution in [0.2, 0.25) is 0 Å². The molecule has 0 aliphatic heterocycles. The Morgan fingerprint density at radius 3 is 2.85 bits per heavy atom. The number of carbonyl (C=O) groups is 1. The lowest BCUT2D eigenvalue weighted by Gasteiger charge is -2.16. The molecule has 0 heterocycles. The second-order valence-corrected chi connectivity index (χ2v) is 3.97. The minimum Gasteiger partial charge on any atom is -0.355 e. The maximum atomic E-state index is 11.6. The molecule has 2 aliphatic carbocycles. The number of nitrogens with one attached hydrogen (secondary N) is 1. The van der Waals surface area contributed by atoms with Gasteiger partial charge >= 0.3 is 0 Å². The molecular weight excluding hydrogens is 164 g/mol. The first-order valence-corrected chi connectivity index (χ1v) is 4.97. The lowest BCUT2D eigenvalue weighted by molar-refractivity contribution is -0.125. The van der Waals surface area contributed by atoms with Crippen molar-refractivity contribution < 1.29 is 4.79 Å². The highest BCUT2D eigenvalue weighted by Gasteiger charge is 2.39. The van der Waals surface area contributed by atoms with Gasteiger partial charge in [-0.15, -0.1) is 0 Å². The van der Waals surface area contributed by atoms with Crippen molar-refractivity contribution in [3.8, 4) is 0 Å². The third kappa shape index (κ3) is 1.61. The van der Waals surface area contributed by atoms with Crippen molar-refractivity contribution in [2.75, 3.05) is 13.1 Å². The summed E-state index contributed by atoms with van der Waals surface area (Å²) in [6.45, 7) is 1.14. The molecule has 3 heteroatoms. The van der Waals surface area contributed by atoms with Crippen LogP contribution in [0.25, 0.3) is 0 Å². The quantitative estimate of drug-likeness (QED) is 0.613. The molecule has 2 bridgehead atoms. The Morgan fingerprint density at radius 1 is 1.46 bits per heavy atom. The maximum Gasteiger partial charge on any atom is 0.223 e. The van der Waals surface area contributed by atoms with Gasteiger partial charge in [-0.05, 0) is 24.7 Å². The van der Waals surface area contributed by atoms with Gasteiger partial charge in [-0.1, -0.05) is 12.2 Å². The summed E-state index contributed by atoms with van der Waals surface area (Å²) in [6.07, 6.45) is 6.66. The number of hydrogen-bond donors (Lipinski definition) is 2. The summed E-state index contributed by atoms with van der Waals surface area (Å²) in [5.41, 5.74) is 5.32. The van der Waals surface area contributed by atoms with E-state index in [1.165, 1.54) is 6.42 Å². The number of nitrogens with two attached hydrogens (primary N) is 1. The molecule has 1 amide bonds. The van der Waals surface area contributed by atoms with Crippen LogP contribution in [-0.2, 0) is 4.79 Å². The zero-order valence-corrected chi connectivity index (χ0v) is 7.70. The van der Waals surface area contributed by atoms with Crippen molar-refractivity contribution >= 4 is 5.91 Å². The summed E-state index contributed by atoms with van der Waals surface area (Å²) in [4.78, 5) is 11.6. The van der Waals surface area contributed by atoms with Crippen molar-refractivity contribution in [2.24, 2.45) is 23.5 Å². The molecule has 0 saturated heterocycles. The van der Waals surface area contributed by atoms with Crippen molar-refractivity contribution in [3.63, 3.8) is 0 Å². The van der Waals surface area contributed by atoms with Crippen LogP contribution in [0.5, 0.6) is 0 Å². The van der Waals surface area contributed by atoms with Gasteiger partial charge in [-0.2, -0.15) is 0 Å². The van der Waals surface area contributed by atoms with Gasteiger partial charge in [0.1, 0.15) is 0 Å². The van der Waals surface area contributed by atoms with E-state index < -0.39 is 0 Å². The van der Waals surface area contributed by atoms with E-state index in [2.05, 4.69) is 17.5 Å². The fraction of sp³-hybridized carbons (Fsp3) is 0.700. The zero-order chi connectivity index (χ0) is 9.26. The predicted molar refractivity (Wildman–Crippen MR) is 50.9 cm³/mol. The third-order valence-corrected chi connectivity index (χ3v) is 3.06. The van der Waals surface area contributed by atoms with E-state index in [9.17, 15) is 4.79 Å². The average Bonchev–Trinajstić information content (AvgIpc) is 2.74. The monoisotopic (exact) mass is 180 g/mol. The predicted octanol–water partition coefficient (Wildman–Crippen LogP) is 0.273. The molecule has 0 spiro atoms. The molecule has 3 nitrogen and oxygen atoms in total. The minimum atomic E-state index is 0.197. The molecule has 0 aromatic rings. The van der Waals surface area contributed by atoms with E-state index in [4.69, 9.17) is 5.73 Å². The number of allylic oxidation sites excluding steroid dienone is 2. The molecule has 0 aromatic carbocycles. The van der Waals surface area contributed by atoms with Crippen molar-refractivity contribution in [1.82, 2.24) is 5.32 Å². The second-order valence-electron chi connectivity index (χ2n) is 3.97. The molecule has 13 heavy (non-hydrogen) atoms. The van der Waals surface area contributed by atoms with E-state index in [1.54, 1.807) is 0 Å². The highest BCUT2D eigenvalue weighted by atomic mass is 16.1. The molecule has 2 rings (SSSR count). The fourth-order valence-electron chi connectivity index (χ4n) is 2.41. The minimum absolute atomic E-state index is 0.197. The summed E-state index contributed by atoms with van der Waals surface area (Å²) in [5.74, 6) is 1.59. The smallest absolute Gasteiger partial charge is 0.223 e. The van der Waals surface area contributed by atoms with Gasteiger partial charge in [0.05, 0.1) is 0 Å². The molecule has 3 atom stereocenters. The van der Waals surface area contributed by atoms with Gasteiger partial charge in [-0.3, -0.25) is 4.79 Å². The Kier molecular flexibility index (Phi) is 2.36. The van der Waals surface area contributed by atoms with Crippen LogP contribution in [0.1, 0.15) is 12.8 Å². The molecule has 0 radical (unpaired) electrons. The standard InChI is InChI=1S/C10H16N2O/c11-3-4-12-10(13)9-6-7-1-2-8(9)5-7/h1-2,7-9H,3-6,11H2,(H,12,13). The summed E-state index contributed by atoms with van der Waals surface area (Å²) < 4.78 is 0. The highest BCUT2D eigenvalue weighted by molar-refractivity contribution is 5.79. The average molecular weight is 180 g/mol. The molecular formula is C10H16N2O. The first kappa shape index (κ1) is 8.75. The Balaban J connectivity index is 1.88. The first-order chi connectivity index (χ1) is 6.31. The van der Waals surface area contributed by atoms with Crippen LogP contribution in [0.3, 0.4) is 0 Å². The maximum absolute atomic E-state index is 11.6. The van der Waals surface area contributed by atoms with E-state index in [0.717, 1.165) is 6.42 Å². The molecule has 1 fully saturated rings. The summed E-state index contributed by atoms with van der Waals surface area (Å²) in [6, 6.07) is 0. The number of hydrogen-bond acceptors (Lipinski definition) is 2. The lowest BCUT2D eigenvalue weighted by Crippen LogP contribution is -2.35. The van der Waals surface area contributed by atoms with Gasteiger partial charge in [0.25, 0.3) is 0 Å². The first-order valence-electron chi connectivity index (χ1n) is 4.97. The van der Waals surface area contributed by atoms with Crippen LogP contribution in [0.15, 0.2) is 12.2 Å². The van der Waals surface area contributed by atoms with Gasteiger partial charge in [0.15, 0.2) is 0 Å².